The van der Waals surface area contributed by atoms with Crippen molar-refractivity contribution in [1.82, 2.24) is 10.3 Å². The molecule has 0 aliphatic carbocycles. The van der Waals surface area contributed by atoms with E-state index >= 15 is 0 Å². The molecule has 0 aliphatic heterocycles. The van der Waals surface area contributed by atoms with E-state index in [1.165, 1.54) is 0 Å². The second kappa shape index (κ2) is 10.00. The van der Waals surface area contributed by atoms with E-state index in [1.54, 1.807) is 0 Å². The lowest BCUT2D eigenvalue weighted by molar-refractivity contribution is -0.123. The van der Waals surface area contributed by atoms with Crippen LogP contribution in [0.2, 0.25) is 0 Å². The van der Waals surface area contributed by atoms with Crippen LogP contribution in [-0.2, 0) is 11.2 Å². The van der Waals surface area contributed by atoms with Crippen molar-refractivity contribution in [3.63, 3.8) is 0 Å². The molecule has 0 spiro atoms. The maximum absolute atomic E-state index is 12.5. The van der Waals surface area contributed by atoms with Crippen LogP contribution in [0.15, 0.2) is 53.1 Å². The molecule has 2 aromatic carbocycles. The maximum atomic E-state index is 12.5. The number of carboxylic acids is 1. The van der Waals surface area contributed by atoms with Gasteiger partial charge in [-0.3, -0.25) is 4.79 Å². The minimum atomic E-state index is -1.19. The van der Waals surface area contributed by atoms with Crippen molar-refractivity contribution in [3.8, 4) is 0 Å². The van der Waals surface area contributed by atoms with Crippen molar-refractivity contribution < 1.29 is 19.1 Å². The summed E-state index contributed by atoms with van der Waals surface area (Å²) in [5.41, 5.74) is 12.3. The third-order valence-corrected chi connectivity index (χ3v) is 4.95. The summed E-state index contributed by atoms with van der Waals surface area (Å²) in [4.78, 5) is 27.6. The smallest absolute Gasteiger partial charge is 0.357 e. The molecule has 2 atom stereocenters. The number of fused-ring (bicyclic) bond motifs is 1. The number of amides is 1. The van der Waals surface area contributed by atoms with Crippen LogP contribution in [0.3, 0.4) is 0 Å². The Labute approximate surface area is 174 Å². The average Bonchev–Trinajstić information content (AvgIpc) is 3.25. The van der Waals surface area contributed by atoms with Gasteiger partial charge >= 0.3 is 5.97 Å². The topological polar surface area (TPSA) is 144 Å². The average molecular weight is 410 g/mol. The number of hydrogen-bond donors (Lipinski definition) is 4. The molecule has 30 heavy (non-hydrogen) atoms. The Hall–Kier alpha value is -3.23. The van der Waals surface area contributed by atoms with Crippen LogP contribution in [0.1, 0.15) is 47.2 Å². The molecule has 0 bridgehead atoms. The van der Waals surface area contributed by atoms with Gasteiger partial charge in [-0.2, -0.15) is 0 Å². The van der Waals surface area contributed by atoms with Gasteiger partial charge in [-0.25, -0.2) is 9.78 Å². The number of carboxylic acid groups (broad SMARTS) is 1. The second-order valence-electron chi connectivity index (χ2n) is 7.19. The van der Waals surface area contributed by atoms with Crippen molar-refractivity contribution >= 4 is 22.6 Å². The number of oxazole rings is 1. The van der Waals surface area contributed by atoms with E-state index in [-0.39, 0.29) is 17.5 Å². The van der Waals surface area contributed by atoms with E-state index in [9.17, 15) is 9.59 Å². The van der Waals surface area contributed by atoms with Crippen molar-refractivity contribution in [1.29, 1.82) is 0 Å². The number of carbonyl (C=O) groups is 2. The lowest BCUT2D eigenvalue weighted by atomic mass is 10.0. The molecule has 3 aromatic rings. The predicted molar refractivity (Wildman–Crippen MR) is 113 cm³/mol. The van der Waals surface area contributed by atoms with Gasteiger partial charge in [-0.1, -0.05) is 42.5 Å². The minimum Gasteiger partial charge on any atom is -0.476 e. The highest BCUT2D eigenvalue weighted by Gasteiger charge is 2.24. The van der Waals surface area contributed by atoms with Crippen LogP contribution in [0.5, 0.6) is 0 Å². The van der Waals surface area contributed by atoms with Crippen LogP contribution < -0.4 is 16.8 Å². The largest absolute Gasteiger partial charge is 0.476 e. The van der Waals surface area contributed by atoms with Crippen LogP contribution >= 0.6 is 0 Å². The second-order valence-corrected chi connectivity index (χ2v) is 7.19. The number of benzene rings is 2. The van der Waals surface area contributed by atoms with Gasteiger partial charge in [0.25, 0.3) is 0 Å². The molecule has 6 N–H and O–H groups in total. The molecule has 0 unspecified atom stereocenters. The number of hydrogen-bond acceptors (Lipinski definition) is 6. The zero-order valence-corrected chi connectivity index (χ0v) is 16.6. The van der Waals surface area contributed by atoms with Gasteiger partial charge in [0.05, 0.1) is 6.04 Å². The normalized spacial score (nSPS) is 13.1. The fourth-order valence-corrected chi connectivity index (χ4v) is 3.26. The fraction of sp³-hybridized carbons (Fsp3) is 0.318. The molecule has 3 rings (SSSR count). The number of nitrogens with zero attached hydrogens (tertiary/aromatic N) is 1. The molecule has 0 saturated heterocycles. The third kappa shape index (κ3) is 5.43. The van der Waals surface area contributed by atoms with Crippen molar-refractivity contribution in [3.05, 3.63) is 65.9 Å². The van der Waals surface area contributed by atoms with Gasteiger partial charge in [-0.15, -0.1) is 0 Å². The van der Waals surface area contributed by atoms with E-state index in [4.69, 9.17) is 21.0 Å². The lowest BCUT2D eigenvalue weighted by Gasteiger charge is -2.19. The Bertz CT molecular complexity index is 1020. The Kier molecular flexibility index (Phi) is 7.16. The highest BCUT2D eigenvalue weighted by Crippen LogP contribution is 2.22. The summed E-state index contributed by atoms with van der Waals surface area (Å²) in [6.45, 7) is 0.452. The third-order valence-electron chi connectivity index (χ3n) is 4.95. The van der Waals surface area contributed by atoms with Gasteiger partial charge in [0.1, 0.15) is 12.3 Å². The Balaban J connectivity index is 1.75. The fourth-order valence-electron chi connectivity index (χ4n) is 3.26. The maximum Gasteiger partial charge on any atom is 0.357 e. The van der Waals surface area contributed by atoms with Gasteiger partial charge in [0.2, 0.25) is 11.8 Å². The van der Waals surface area contributed by atoms with Crippen LogP contribution in [0.4, 0.5) is 0 Å². The van der Waals surface area contributed by atoms with E-state index in [1.807, 2.05) is 30.3 Å². The minimum absolute atomic E-state index is 0.146. The quantitative estimate of drug-likeness (QED) is 0.401. The van der Waals surface area contributed by atoms with Crippen LogP contribution in [0.25, 0.3) is 10.8 Å². The summed E-state index contributed by atoms with van der Waals surface area (Å²) in [5.74, 6) is -1.39. The highest BCUT2D eigenvalue weighted by molar-refractivity contribution is 5.85. The molecule has 0 fully saturated rings. The molecule has 158 valence electrons. The number of nitrogens with two attached hydrogens (primary N) is 2. The molecule has 0 aliphatic rings. The number of aromatic carboxylic acids is 1. The van der Waals surface area contributed by atoms with Crippen LogP contribution in [-0.4, -0.2) is 34.6 Å². The summed E-state index contributed by atoms with van der Waals surface area (Å²) in [6, 6.07) is 12.9. The molecule has 1 heterocycles. The summed E-state index contributed by atoms with van der Waals surface area (Å²) < 4.78 is 5.34. The molecule has 1 aromatic heterocycles. The first-order chi connectivity index (χ1) is 14.5. The van der Waals surface area contributed by atoms with Crippen molar-refractivity contribution in [2.75, 3.05) is 6.54 Å². The number of nitrogens with one attached hydrogen (secondary N) is 1. The van der Waals surface area contributed by atoms with Gasteiger partial charge in [-0.05, 0) is 48.6 Å². The first-order valence-electron chi connectivity index (χ1n) is 9.90. The van der Waals surface area contributed by atoms with Crippen LogP contribution in [0, 0.1) is 0 Å². The lowest BCUT2D eigenvalue weighted by Crippen LogP contribution is -2.42. The summed E-state index contributed by atoms with van der Waals surface area (Å²) >= 11 is 0. The molecular weight excluding hydrogens is 384 g/mol. The number of aromatic nitrogens is 1. The molecular formula is C22H26N4O4. The molecule has 8 heteroatoms. The Morgan fingerprint density at radius 3 is 2.60 bits per heavy atom. The summed E-state index contributed by atoms with van der Waals surface area (Å²) in [7, 11) is 0. The zero-order valence-electron chi connectivity index (χ0n) is 16.6. The predicted octanol–water partition coefficient (Wildman–Crippen LogP) is 2.38. The molecule has 8 nitrogen and oxygen atoms in total. The van der Waals surface area contributed by atoms with Crippen molar-refractivity contribution in [2.45, 2.75) is 37.8 Å². The summed E-state index contributed by atoms with van der Waals surface area (Å²) in [6.07, 6.45) is 3.29. The van der Waals surface area contributed by atoms with Gasteiger partial charge < -0.3 is 26.3 Å². The Morgan fingerprint density at radius 1 is 1.13 bits per heavy atom. The number of rotatable bonds is 10. The molecule has 1 amide bonds. The first-order valence-corrected chi connectivity index (χ1v) is 9.90. The van der Waals surface area contributed by atoms with E-state index in [2.05, 4.69) is 22.4 Å². The first kappa shape index (κ1) is 21.5. The molecule has 0 saturated carbocycles. The monoisotopic (exact) mass is 410 g/mol. The van der Waals surface area contributed by atoms with Gasteiger partial charge in [0, 0.05) is 0 Å². The number of aryl methyl sites for hydroxylation is 1. The SMILES string of the molecule is NCCC[C@@H](N)C(=O)N[C@H](CCc1ccc2ccccc2c1)c1nc(C(=O)O)co1. The standard InChI is InChI=1S/C22H26N4O4/c23-11-3-6-17(24)20(27)25-18(21-26-19(13-30-21)22(28)29)10-8-14-7-9-15-4-1-2-5-16(15)12-14/h1-2,4-5,7,9,12-13,17-18H,3,6,8,10-11,23-24H2,(H,25,27)(H,28,29)/t17-,18-/m1/s1. The van der Waals surface area contributed by atoms with Crippen molar-refractivity contribution in [2.24, 2.45) is 11.5 Å². The van der Waals surface area contributed by atoms with E-state index in [0.29, 0.717) is 32.2 Å². The van der Waals surface area contributed by atoms with Gasteiger partial charge in [0.15, 0.2) is 5.69 Å². The number of carbonyl (C=O) groups excluding carboxylic acids is 1. The van der Waals surface area contributed by atoms with E-state index in [0.717, 1.165) is 22.6 Å². The zero-order chi connectivity index (χ0) is 21.5. The highest BCUT2D eigenvalue weighted by atomic mass is 16.4. The summed E-state index contributed by atoms with van der Waals surface area (Å²) in [5, 5.41) is 14.2. The molecule has 0 radical (unpaired) electrons. The Morgan fingerprint density at radius 2 is 1.90 bits per heavy atom. The van der Waals surface area contributed by atoms with E-state index < -0.39 is 18.1 Å².